The first-order valence-electron chi connectivity index (χ1n) is 5.94. The number of hydrogen-bond donors (Lipinski definition) is 1. The lowest BCUT2D eigenvalue weighted by atomic mass is 10.1. The van der Waals surface area contributed by atoms with E-state index in [1.807, 2.05) is 12.1 Å². The molecule has 0 aliphatic rings. The van der Waals surface area contributed by atoms with Crippen LogP contribution in [0.3, 0.4) is 0 Å². The minimum atomic E-state index is 0.186. The predicted octanol–water partition coefficient (Wildman–Crippen LogP) is 5.25. The molecule has 1 aromatic carbocycles. The van der Waals surface area contributed by atoms with Crippen LogP contribution in [0, 0.1) is 0 Å². The molecule has 1 heterocycles. The Morgan fingerprint density at radius 2 is 2.22 bits per heavy atom. The first kappa shape index (κ1) is 14.1. The molecule has 1 atom stereocenters. The van der Waals surface area contributed by atoms with E-state index in [1.54, 1.807) is 11.3 Å². The van der Waals surface area contributed by atoms with Crippen molar-refractivity contribution in [3.63, 3.8) is 0 Å². The maximum Gasteiger partial charge on any atom is 0.0685 e. The van der Waals surface area contributed by atoms with Crippen molar-refractivity contribution in [2.45, 2.75) is 19.4 Å². The molecule has 0 aliphatic heterocycles. The van der Waals surface area contributed by atoms with Gasteiger partial charge in [-0.1, -0.05) is 46.6 Å². The molecule has 0 bridgehead atoms. The summed E-state index contributed by atoms with van der Waals surface area (Å²) in [5, 5.41) is 6.46. The second-order valence-corrected chi connectivity index (χ2v) is 6.37. The van der Waals surface area contributed by atoms with Crippen LogP contribution >= 0.6 is 38.9 Å². The maximum absolute atomic E-state index is 6.35. The normalized spacial score (nSPS) is 12.6. The molecule has 1 aromatic heterocycles. The Balaban J connectivity index is 2.33. The van der Waals surface area contributed by atoms with Gasteiger partial charge in [-0.05, 0) is 42.1 Å². The van der Waals surface area contributed by atoms with Crippen molar-refractivity contribution in [3.8, 4) is 0 Å². The first-order chi connectivity index (χ1) is 8.72. The molecule has 1 N–H and O–H groups in total. The lowest BCUT2D eigenvalue weighted by Gasteiger charge is -2.19. The van der Waals surface area contributed by atoms with Crippen molar-refractivity contribution < 1.29 is 0 Å². The molecule has 2 aromatic rings. The van der Waals surface area contributed by atoms with Crippen LogP contribution in [0.15, 0.2) is 40.2 Å². The van der Waals surface area contributed by atoms with E-state index in [1.165, 1.54) is 4.88 Å². The van der Waals surface area contributed by atoms with Gasteiger partial charge in [-0.25, -0.2) is 0 Å². The Labute approximate surface area is 125 Å². The summed E-state index contributed by atoms with van der Waals surface area (Å²) >= 11 is 11.6. The summed E-state index contributed by atoms with van der Waals surface area (Å²) in [6.07, 6.45) is 1.11. The standard InChI is InChI=1S/C14H15BrClNS/c1-2-7-17-14(13-4-3-8-18-13)11-6-5-10(15)9-12(11)16/h3-6,8-9,14,17H,2,7H2,1H3. The molecular formula is C14H15BrClNS. The number of benzene rings is 1. The van der Waals surface area contributed by atoms with E-state index < -0.39 is 0 Å². The molecule has 0 spiro atoms. The van der Waals surface area contributed by atoms with Crippen molar-refractivity contribution in [1.82, 2.24) is 5.32 Å². The zero-order valence-corrected chi connectivity index (χ0v) is 13.3. The number of thiophene rings is 1. The highest BCUT2D eigenvalue weighted by Gasteiger charge is 2.17. The number of hydrogen-bond acceptors (Lipinski definition) is 2. The van der Waals surface area contributed by atoms with Crippen LogP contribution in [0.2, 0.25) is 5.02 Å². The highest BCUT2D eigenvalue weighted by molar-refractivity contribution is 9.10. The highest BCUT2D eigenvalue weighted by Crippen LogP contribution is 2.32. The second-order valence-electron chi connectivity index (χ2n) is 4.07. The number of halogens is 2. The molecule has 96 valence electrons. The third-order valence-electron chi connectivity index (χ3n) is 2.70. The van der Waals surface area contributed by atoms with Gasteiger partial charge >= 0.3 is 0 Å². The predicted molar refractivity (Wildman–Crippen MR) is 83.6 cm³/mol. The van der Waals surface area contributed by atoms with Crippen molar-refractivity contribution >= 4 is 38.9 Å². The molecule has 1 unspecified atom stereocenters. The monoisotopic (exact) mass is 343 g/mol. The van der Waals surface area contributed by atoms with Gasteiger partial charge in [0.15, 0.2) is 0 Å². The van der Waals surface area contributed by atoms with E-state index in [9.17, 15) is 0 Å². The molecule has 4 heteroatoms. The van der Waals surface area contributed by atoms with Gasteiger partial charge in [0.2, 0.25) is 0 Å². The van der Waals surface area contributed by atoms with E-state index in [0.717, 1.165) is 28.0 Å². The van der Waals surface area contributed by atoms with Crippen molar-refractivity contribution in [1.29, 1.82) is 0 Å². The van der Waals surface area contributed by atoms with Crippen LogP contribution in [-0.2, 0) is 0 Å². The molecule has 18 heavy (non-hydrogen) atoms. The number of rotatable bonds is 5. The Kier molecular flexibility index (Phi) is 5.25. The SMILES string of the molecule is CCCNC(c1cccs1)c1ccc(Br)cc1Cl. The molecule has 1 nitrogen and oxygen atoms in total. The fourth-order valence-electron chi connectivity index (χ4n) is 1.84. The van der Waals surface area contributed by atoms with Crippen LogP contribution in [-0.4, -0.2) is 6.54 Å². The summed E-state index contributed by atoms with van der Waals surface area (Å²) in [6, 6.07) is 10.5. The van der Waals surface area contributed by atoms with Crippen molar-refractivity contribution in [3.05, 3.63) is 55.6 Å². The summed E-state index contributed by atoms with van der Waals surface area (Å²) in [4.78, 5) is 1.30. The Morgan fingerprint density at radius 1 is 1.39 bits per heavy atom. The summed E-state index contributed by atoms with van der Waals surface area (Å²) < 4.78 is 1.01. The Morgan fingerprint density at radius 3 is 2.83 bits per heavy atom. The van der Waals surface area contributed by atoms with Gasteiger partial charge in [0.05, 0.1) is 6.04 Å². The van der Waals surface area contributed by atoms with E-state index >= 15 is 0 Å². The van der Waals surface area contributed by atoms with E-state index in [0.29, 0.717) is 0 Å². The summed E-state index contributed by atoms with van der Waals surface area (Å²) in [6.45, 7) is 3.15. The van der Waals surface area contributed by atoms with Crippen molar-refractivity contribution in [2.75, 3.05) is 6.54 Å². The lowest BCUT2D eigenvalue weighted by Crippen LogP contribution is -2.22. The minimum Gasteiger partial charge on any atom is -0.306 e. The molecule has 0 radical (unpaired) electrons. The lowest BCUT2D eigenvalue weighted by molar-refractivity contribution is 0.606. The first-order valence-corrected chi connectivity index (χ1v) is 7.99. The zero-order chi connectivity index (χ0) is 13.0. The fraction of sp³-hybridized carbons (Fsp3) is 0.286. The Hall–Kier alpha value is -0.350. The zero-order valence-electron chi connectivity index (χ0n) is 10.1. The summed E-state index contributed by atoms with van der Waals surface area (Å²) in [7, 11) is 0. The van der Waals surface area contributed by atoms with E-state index in [4.69, 9.17) is 11.6 Å². The molecule has 2 rings (SSSR count). The smallest absolute Gasteiger partial charge is 0.0685 e. The quantitative estimate of drug-likeness (QED) is 0.781. The van der Waals surface area contributed by atoms with Crippen LogP contribution in [0.5, 0.6) is 0 Å². The highest BCUT2D eigenvalue weighted by atomic mass is 79.9. The van der Waals surface area contributed by atoms with Crippen LogP contribution in [0.25, 0.3) is 0 Å². The topological polar surface area (TPSA) is 12.0 Å². The molecule has 0 saturated heterocycles. The summed E-state index contributed by atoms with van der Waals surface area (Å²) in [5.41, 5.74) is 1.13. The third kappa shape index (κ3) is 3.35. The minimum absolute atomic E-state index is 0.186. The maximum atomic E-state index is 6.35. The van der Waals surface area contributed by atoms with Gasteiger partial charge < -0.3 is 5.32 Å². The molecular weight excluding hydrogens is 330 g/mol. The van der Waals surface area contributed by atoms with Crippen LogP contribution < -0.4 is 5.32 Å². The van der Waals surface area contributed by atoms with Gasteiger partial charge in [0.1, 0.15) is 0 Å². The second kappa shape index (κ2) is 6.71. The average molecular weight is 345 g/mol. The molecule has 0 aliphatic carbocycles. The molecule has 0 saturated carbocycles. The van der Waals surface area contributed by atoms with E-state index in [-0.39, 0.29) is 6.04 Å². The third-order valence-corrected chi connectivity index (χ3v) is 4.46. The van der Waals surface area contributed by atoms with Crippen molar-refractivity contribution in [2.24, 2.45) is 0 Å². The van der Waals surface area contributed by atoms with Crippen LogP contribution in [0.4, 0.5) is 0 Å². The van der Waals surface area contributed by atoms with Gasteiger partial charge in [0.25, 0.3) is 0 Å². The molecule has 0 fully saturated rings. The van der Waals surface area contributed by atoms with Crippen LogP contribution in [0.1, 0.15) is 29.8 Å². The van der Waals surface area contributed by atoms with Gasteiger partial charge in [0, 0.05) is 14.4 Å². The average Bonchev–Trinajstić information content (AvgIpc) is 2.85. The number of nitrogens with one attached hydrogen (secondary N) is 1. The summed E-state index contributed by atoms with van der Waals surface area (Å²) in [5.74, 6) is 0. The fourth-order valence-corrected chi connectivity index (χ4v) is 3.44. The van der Waals surface area contributed by atoms with Gasteiger partial charge in [-0.15, -0.1) is 11.3 Å². The van der Waals surface area contributed by atoms with E-state index in [2.05, 4.69) is 51.7 Å². The largest absolute Gasteiger partial charge is 0.306 e. The Bertz CT molecular complexity index is 499. The van der Waals surface area contributed by atoms with Gasteiger partial charge in [-0.2, -0.15) is 0 Å². The van der Waals surface area contributed by atoms with Gasteiger partial charge in [-0.3, -0.25) is 0 Å². The molecule has 0 amide bonds.